The van der Waals surface area contributed by atoms with Crippen LogP contribution in [0.2, 0.25) is 0 Å². The Kier molecular flexibility index (Phi) is 8.16. The molecule has 0 amide bonds. The van der Waals surface area contributed by atoms with Gasteiger partial charge in [-0.1, -0.05) is 38.1 Å². The second-order valence-electron chi connectivity index (χ2n) is 9.83. The van der Waals surface area contributed by atoms with Gasteiger partial charge in [0.05, 0.1) is 17.6 Å². The van der Waals surface area contributed by atoms with Crippen LogP contribution in [-0.2, 0) is 6.54 Å². The molecule has 9 heteroatoms. The zero-order chi connectivity index (χ0) is 27.4. The molecule has 0 saturated heterocycles. The first-order valence-corrected chi connectivity index (χ1v) is 12.9. The van der Waals surface area contributed by atoms with Gasteiger partial charge in [-0.2, -0.15) is 0 Å². The second-order valence-corrected chi connectivity index (χ2v) is 9.83. The number of hydrogen-bond donors (Lipinski definition) is 2. The summed E-state index contributed by atoms with van der Waals surface area (Å²) in [7, 11) is 0. The molecule has 1 saturated carbocycles. The van der Waals surface area contributed by atoms with Crippen LogP contribution in [0.3, 0.4) is 0 Å². The standard InChI is InChI=1S/C29H33F2N5O2/c1-4-23(5-2)36-17-21(10-11-27(36)38)25-16-33-18(3)28(35-25)26(37)12-24(32)20-8-6-19(7-9-20)15-34-22-13-29(30,31)14-22/h6-12,16-17,22-23,34H,4-5,13-15,32H2,1-3H3/b24-12-. The zero-order valence-electron chi connectivity index (χ0n) is 21.9. The Morgan fingerprint density at radius 1 is 1.18 bits per heavy atom. The van der Waals surface area contributed by atoms with Gasteiger partial charge in [0, 0.05) is 61.1 Å². The molecular weight excluding hydrogens is 488 g/mol. The molecule has 1 aromatic carbocycles. The molecule has 0 radical (unpaired) electrons. The molecule has 7 nitrogen and oxygen atoms in total. The quantitative estimate of drug-likeness (QED) is 0.286. The fourth-order valence-electron chi connectivity index (χ4n) is 4.62. The molecule has 0 unspecified atom stereocenters. The van der Waals surface area contributed by atoms with E-state index in [1.165, 1.54) is 12.1 Å². The molecular formula is C29H33F2N5O2. The summed E-state index contributed by atoms with van der Waals surface area (Å²) in [6.45, 7) is 6.26. The number of carbonyl (C=O) groups is 1. The molecule has 200 valence electrons. The summed E-state index contributed by atoms with van der Waals surface area (Å²) in [5.74, 6) is -2.93. The van der Waals surface area contributed by atoms with Crippen molar-refractivity contribution in [3.63, 3.8) is 0 Å². The van der Waals surface area contributed by atoms with E-state index in [2.05, 4.69) is 15.3 Å². The van der Waals surface area contributed by atoms with E-state index in [-0.39, 0.29) is 47.7 Å². The number of ketones is 1. The van der Waals surface area contributed by atoms with Crippen LogP contribution >= 0.6 is 0 Å². The third-order valence-electron chi connectivity index (χ3n) is 7.02. The summed E-state index contributed by atoms with van der Waals surface area (Å²) in [4.78, 5) is 34.4. The highest BCUT2D eigenvalue weighted by molar-refractivity contribution is 6.07. The van der Waals surface area contributed by atoms with Gasteiger partial charge in [0.2, 0.25) is 5.78 Å². The van der Waals surface area contributed by atoms with Crippen LogP contribution in [0.15, 0.2) is 59.7 Å². The largest absolute Gasteiger partial charge is 0.398 e. The monoisotopic (exact) mass is 521 g/mol. The highest BCUT2D eigenvalue weighted by atomic mass is 19.3. The summed E-state index contributed by atoms with van der Waals surface area (Å²) in [5, 5.41) is 3.12. The molecule has 2 aromatic heterocycles. The van der Waals surface area contributed by atoms with E-state index in [0.29, 0.717) is 29.1 Å². The van der Waals surface area contributed by atoms with Gasteiger partial charge >= 0.3 is 0 Å². The van der Waals surface area contributed by atoms with Crippen molar-refractivity contribution in [3.05, 3.63) is 87.7 Å². The molecule has 0 atom stereocenters. The maximum absolute atomic E-state index is 13.1. The summed E-state index contributed by atoms with van der Waals surface area (Å²) in [5.41, 5.74) is 9.87. The zero-order valence-corrected chi connectivity index (χ0v) is 21.9. The third-order valence-corrected chi connectivity index (χ3v) is 7.02. The molecule has 0 aliphatic heterocycles. The van der Waals surface area contributed by atoms with Gasteiger partial charge < -0.3 is 15.6 Å². The molecule has 1 aliphatic carbocycles. The van der Waals surface area contributed by atoms with Crippen molar-refractivity contribution in [1.29, 1.82) is 0 Å². The number of benzene rings is 1. The van der Waals surface area contributed by atoms with E-state index in [9.17, 15) is 18.4 Å². The maximum atomic E-state index is 13.1. The number of halogens is 2. The Hall–Kier alpha value is -3.72. The van der Waals surface area contributed by atoms with E-state index < -0.39 is 5.92 Å². The number of pyridine rings is 1. The number of carbonyl (C=O) groups excluding carboxylic acids is 1. The number of allylic oxidation sites excluding steroid dienone is 1. The Morgan fingerprint density at radius 3 is 2.50 bits per heavy atom. The van der Waals surface area contributed by atoms with Gasteiger partial charge in [0.1, 0.15) is 5.69 Å². The molecule has 3 N–H and O–H groups in total. The number of nitrogens with zero attached hydrogens (tertiary/aromatic N) is 3. The average molecular weight is 522 g/mol. The lowest BCUT2D eigenvalue weighted by molar-refractivity contribution is -0.0930. The van der Waals surface area contributed by atoms with Crippen molar-refractivity contribution < 1.29 is 13.6 Å². The molecule has 0 bridgehead atoms. The summed E-state index contributed by atoms with van der Waals surface area (Å²) in [6.07, 6.45) is 6.07. The van der Waals surface area contributed by atoms with Gasteiger partial charge in [-0.05, 0) is 37.0 Å². The Morgan fingerprint density at radius 2 is 1.87 bits per heavy atom. The van der Waals surface area contributed by atoms with Crippen LogP contribution in [0.5, 0.6) is 0 Å². The van der Waals surface area contributed by atoms with Crippen molar-refractivity contribution >= 4 is 11.5 Å². The van der Waals surface area contributed by atoms with Crippen molar-refractivity contribution in [3.8, 4) is 11.3 Å². The van der Waals surface area contributed by atoms with Crippen LogP contribution in [0, 0.1) is 6.92 Å². The van der Waals surface area contributed by atoms with E-state index >= 15 is 0 Å². The van der Waals surface area contributed by atoms with Crippen LogP contribution < -0.4 is 16.6 Å². The first-order valence-electron chi connectivity index (χ1n) is 12.9. The van der Waals surface area contributed by atoms with Gasteiger partial charge in [0.25, 0.3) is 11.5 Å². The predicted octanol–water partition coefficient (Wildman–Crippen LogP) is 5.04. The molecule has 1 fully saturated rings. The Bertz CT molecular complexity index is 1390. The lowest BCUT2D eigenvalue weighted by atomic mass is 9.88. The fraction of sp³-hybridized carbons (Fsp3) is 0.379. The Balaban J connectivity index is 1.49. The fourth-order valence-corrected chi connectivity index (χ4v) is 4.62. The minimum Gasteiger partial charge on any atom is -0.398 e. The van der Waals surface area contributed by atoms with Gasteiger partial charge in [0.15, 0.2) is 0 Å². The third kappa shape index (κ3) is 6.22. The first kappa shape index (κ1) is 27.3. The van der Waals surface area contributed by atoms with Crippen molar-refractivity contribution in [2.24, 2.45) is 5.73 Å². The number of aromatic nitrogens is 3. The van der Waals surface area contributed by atoms with Gasteiger partial charge in [-0.3, -0.25) is 14.6 Å². The van der Waals surface area contributed by atoms with E-state index in [1.807, 2.05) is 26.0 Å². The lowest BCUT2D eigenvalue weighted by Crippen LogP contribution is -2.48. The normalized spacial score (nSPS) is 15.5. The van der Waals surface area contributed by atoms with Crippen molar-refractivity contribution in [2.45, 2.75) is 71.0 Å². The molecule has 4 rings (SSSR count). The minimum atomic E-state index is -2.55. The molecule has 38 heavy (non-hydrogen) atoms. The van der Waals surface area contributed by atoms with E-state index in [4.69, 9.17) is 5.73 Å². The topological polar surface area (TPSA) is 103 Å². The van der Waals surface area contributed by atoms with Crippen LogP contribution in [0.1, 0.15) is 72.9 Å². The smallest absolute Gasteiger partial charge is 0.251 e. The number of rotatable bonds is 10. The number of hydrogen-bond acceptors (Lipinski definition) is 6. The summed E-state index contributed by atoms with van der Waals surface area (Å²) < 4.78 is 27.7. The molecule has 1 aliphatic rings. The van der Waals surface area contributed by atoms with Gasteiger partial charge in [-0.15, -0.1) is 0 Å². The maximum Gasteiger partial charge on any atom is 0.251 e. The number of aryl methyl sites for hydroxylation is 1. The van der Waals surface area contributed by atoms with Crippen molar-refractivity contribution in [1.82, 2.24) is 19.9 Å². The molecule has 3 aromatic rings. The number of nitrogens with two attached hydrogens (primary N) is 1. The van der Waals surface area contributed by atoms with E-state index in [1.54, 1.807) is 42.1 Å². The first-order chi connectivity index (χ1) is 18.1. The van der Waals surface area contributed by atoms with Gasteiger partial charge in [-0.25, -0.2) is 13.8 Å². The second kappa shape index (κ2) is 11.3. The lowest BCUT2D eigenvalue weighted by Gasteiger charge is -2.35. The van der Waals surface area contributed by atoms with Crippen LogP contribution in [-0.4, -0.2) is 32.3 Å². The number of nitrogens with one attached hydrogen (secondary N) is 1. The average Bonchev–Trinajstić information content (AvgIpc) is 2.88. The minimum absolute atomic E-state index is 0.0785. The summed E-state index contributed by atoms with van der Waals surface area (Å²) in [6, 6.07) is 10.4. The van der Waals surface area contributed by atoms with Crippen LogP contribution in [0.4, 0.5) is 8.78 Å². The Labute approximate surface area is 220 Å². The highest BCUT2D eigenvalue weighted by Gasteiger charge is 2.44. The SMILES string of the molecule is CCC(CC)n1cc(-c2cnc(C)c(C(=O)/C=C(\N)c3ccc(CNC4CC(F)(F)C4)cc3)n2)ccc1=O. The van der Waals surface area contributed by atoms with Crippen molar-refractivity contribution in [2.75, 3.05) is 0 Å². The molecule has 2 heterocycles. The van der Waals surface area contributed by atoms with E-state index in [0.717, 1.165) is 18.4 Å². The summed E-state index contributed by atoms with van der Waals surface area (Å²) >= 11 is 0. The van der Waals surface area contributed by atoms with Crippen LogP contribution in [0.25, 0.3) is 17.0 Å². The highest BCUT2D eigenvalue weighted by Crippen LogP contribution is 2.37. The predicted molar refractivity (Wildman–Crippen MR) is 144 cm³/mol. The number of alkyl halides is 2. The molecule has 0 spiro atoms.